The number of rotatable bonds is 5. The Balaban J connectivity index is 2.84. The van der Waals surface area contributed by atoms with Crippen LogP contribution in [-0.4, -0.2) is 56.2 Å². The van der Waals surface area contributed by atoms with Crippen molar-refractivity contribution in [2.75, 3.05) is 13.7 Å². The summed E-state index contributed by atoms with van der Waals surface area (Å²) in [5.41, 5.74) is 0. The molecule has 0 aromatic carbocycles. The molecule has 8 nitrogen and oxygen atoms in total. The van der Waals surface area contributed by atoms with Crippen LogP contribution in [0, 0.1) is 0 Å². The van der Waals surface area contributed by atoms with Gasteiger partial charge >= 0.3 is 17.9 Å². The van der Waals surface area contributed by atoms with E-state index in [-0.39, 0.29) is 6.61 Å². The smallest absolute Gasteiger partial charge is 0.303 e. The highest BCUT2D eigenvalue weighted by atomic mass is 16.7. The Labute approximate surface area is 116 Å². The Hall–Kier alpha value is -1.67. The van der Waals surface area contributed by atoms with Crippen LogP contribution < -0.4 is 0 Å². The zero-order valence-corrected chi connectivity index (χ0v) is 11.8. The van der Waals surface area contributed by atoms with Gasteiger partial charge in [-0.2, -0.15) is 0 Å². The van der Waals surface area contributed by atoms with Crippen LogP contribution >= 0.6 is 0 Å². The van der Waals surface area contributed by atoms with Crippen molar-refractivity contribution in [3.63, 3.8) is 0 Å². The van der Waals surface area contributed by atoms with Crippen LogP contribution in [0.3, 0.4) is 0 Å². The van der Waals surface area contributed by atoms with Crippen molar-refractivity contribution in [2.45, 2.75) is 45.4 Å². The molecular weight excluding hydrogens is 272 g/mol. The molecule has 4 atom stereocenters. The van der Waals surface area contributed by atoms with E-state index < -0.39 is 42.5 Å². The maximum absolute atomic E-state index is 11.1. The maximum Gasteiger partial charge on any atom is 0.303 e. The zero-order valence-electron chi connectivity index (χ0n) is 11.8. The second-order valence-electron chi connectivity index (χ2n) is 4.23. The summed E-state index contributed by atoms with van der Waals surface area (Å²) >= 11 is 0. The lowest BCUT2D eigenvalue weighted by molar-refractivity contribution is -0.181. The van der Waals surface area contributed by atoms with Gasteiger partial charge in [-0.25, -0.2) is 0 Å². The molecule has 0 N–H and O–H groups in total. The third-order valence-corrected chi connectivity index (χ3v) is 2.55. The van der Waals surface area contributed by atoms with Gasteiger partial charge in [0.05, 0.1) is 0 Å². The van der Waals surface area contributed by atoms with Gasteiger partial charge in [-0.3, -0.25) is 14.4 Å². The second-order valence-corrected chi connectivity index (χ2v) is 4.23. The van der Waals surface area contributed by atoms with E-state index >= 15 is 0 Å². The van der Waals surface area contributed by atoms with Gasteiger partial charge in [0.2, 0.25) is 0 Å². The van der Waals surface area contributed by atoms with Gasteiger partial charge in [-0.1, -0.05) is 0 Å². The van der Waals surface area contributed by atoms with Crippen molar-refractivity contribution >= 4 is 17.9 Å². The van der Waals surface area contributed by atoms with Crippen molar-refractivity contribution in [1.29, 1.82) is 0 Å². The quantitative estimate of drug-likeness (QED) is 0.506. The first-order valence-electron chi connectivity index (χ1n) is 6.01. The molecule has 0 saturated carbocycles. The van der Waals surface area contributed by atoms with Gasteiger partial charge in [0.15, 0.2) is 18.5 Å². The van der Waals surface area contributed by atoms with Gasteiger partial charge in [0, 0.05) is 27.9 Å². The standard InChI is InChI=1S/C12H18O8/c1-6(13)17-5-9-10(18-7(2)14)11(19-8(3)15)12(16-4)20-9/h9-12H,5H2,1-4H3/t9-,10-,11+,12+/m1/s1. The fourth-order valence-corrected chi connectivity index (χ4v) is 1.87. The van der Waals surface area contributed by atoms with E-state index in [0.717, 1.165) is 0 Å². The third-order valence-electron chi connectivity index (χ3n) is 2.55. The van der Waals surface area contributed by atoms with Crippen LogP contribution in [0.4, 0.5) is 0 Å². The van der Waals surface area contributed by atoms with Crippen molar-refractivity contribution in [3.8, 4) is 0 Å². The summed E-state index contributed by atoms with van der Waals surface area (Å²) < 4.78 is 25.5. The topological polar surface area (TPSA) is 97.4 Å². The Morgan fingerprint density at radius 3 is 1.95 bits per heavy atom. The first-order valence-corrected chi connectivity index (χ1v) is 6.01. The minimum absolute atomic E-state index is 0.134. The number of hydrogen-bond acceptors (Lipinski definition) is 8. The number of esters is 3. The van der Waals surface area contributed by atoms with Crippen LogP contribution in [-0.2, 0) is 38.1 Å². The molecule has 0 aromatic heterocycles. The lowest BCUT2D eigenvalue weighted by atomic mass is 10.1. The monoisotopic (exact) mass is 290 g/mol. The fourth-order valence-electron chi connectivity index (χ4n) is 1.87. The molecule has 8 heteroatoms. The molecule has 114 valence electrons. The molecule has 1 saturated heterocycles. The lowest BCUT2D eigenvalue weighted by Crippen LogP contribution is -2.41. The van der Waals surface area contributed by atoms with Gasteiger partial charge in [-0.15, -0.1) is 0 Å². The van der Waals surface area contributed by atoms with Crippen molar-refractivity contribution in [1.82, 2.24) is 0 Å². The van der Waals surface area contributed by atoms with E-state index in [0.29, 0.717) is 0 Å². The summed E-state index contributed by atoms with van der Waals surface area (Å²) in [6.07, 6.45) is -3.48. The van der Waals surface area contributed by atoms with E-state index in [9.17, 15) is 14.4 Å². The van der Waals surface area contributed by atoms with Crippen LogP contribution in [0.1, 0.15) is 20.8 Å². The molecule has 1 heterocycles. The van der Waals surface area contributed by atoms with Crippen molar-refractivity contribution < 1.29 is 38.1 Å². The van der Waals surface area contributed by atoms with Crippen LogP contribution in [0.2, 0.25) is 0 Å². The van der Waals surface area contributed by atoms with E-state index in [1.807, 2.05) is 0 Å². The summed E-state index contributed by atoms with van der Waals surface area (Å²) in [4.78, 5) is 33.1. The Morgan fingerprint density at radius 2 is 1.50 bits per heavy atom. The Bertz CT molecular complexity index is 380. The molecule has 0 unspecified atom stereocenters. The number of methoxy groups -OCH3 is 1. The summed E-state index contributed by atoms with van der Waals surface area (Å²) in [7, 11) is 1.36. The molecule has 1 rings (SSSR count). The van der Waals surface area contributed by atoms with Crippen molar-refractivity contribution in [3.05, 3.63) is 0 Å². The molecule has 1 fully saturated rings. The van der Waals surface area contributed by atoms with E-state index in [1.54, 1.807) is 0 Å². The molecule has 0 amide bonds. The molecule has 0 aromatic rings. The summed E-state index contributed by atoms with van der Waals surface area (Å²) in [6, 6.07) is 0. The minimum atomic E-state index is -0.915. The van der Waals surface area contributed by atoms with Gasteiger partial charge in [0.1, 0.15) is 12.7 Å². The highest BCUT2D eigenvalue weighted by Crippen LogP contribution is 2.27. The molecular formula is C12H18O8. The van der Waals surface area contributed by atoms with Gasteiger partial charge < -0.3 is 23.7 Å². The predicted molar refractivity (Wildman–Crippen MR) is 63.4 cm³/mol. The second kappa shape index (κ2) is 7.20. The lowest BCUT2D eigenvalue weighted by Gasteiger charge is -2.22. The largest absolute Gasteiger partial charge is 0.463 e. The molecule has 0 radical (unpaired) electrons. The number of carbonyl (C=O) groups is 3. The average molecular weight is 290 g/mol. The third kappa shape index (κ3) is 4.46. The summed E-state index contributed by atoms with van der Waals surface area (Å²) in [5.74, 6) is -1.63. The first kappa shape index (κ1) is 16.4. The van der Waals surface area contributed by atoms with E-state index in [1.165, 1.54) is 27.9 Å². The molecule has 1 aliphatic heterocycles. The van der Waals surface area contributed by atoms with Gasteiger partial charge in [-0.05, 0) is 0 Å². The van der Waals surface area contributed by atoms with Crippen LogP contribution in [0.25, 0.3) is 0 Å². The Kier molecular flexibility index (Phi) is 5.90. The average Bonchev–Trinajstić information content (AvgIpc) is 2.63. The number of carbonyl (C=O) groups excluding carboxylic acids is 3. The number of hydrogen-bond donors (Lipinski definition) is 0. The zero-order chi connectivity index (χ0) is 15.3. The SMILES string of the molecule is CO[C@H]1O[C@H](COC(C)=O)[C@@H](OC(C)=O)[C@@H]1OC(C)=O. The predicted octanol–water partition coefficient (Wildman–Crippen LogP) is -0.216. The normalized spacial score (nSPS) is 28.8. The van der Waals surface area contributed by atoms with Gasteiger partial charge in [0.25, 0.3) is 0 Å². The van der Waals surface area contributed by atoms with E-state index in [4.69, 9.17) is 23.7 Å². The number of ether oxygens (including phenoxy) is 5. The Morgan fingerprint density at radius 1 is 0.950 bits per heavy atom. The summed E-state index contributed by atoms with van der Waals surface area (Å²) in [5, 5.41) is 0. The fraction of sp³-hybridized carbons (Fsp3) is 0.750. The van der Waals surface area contributed by atoms with Crippen LogP contribution in [0.5, 0.6) is 0 Å². The van der Waals surface area contributed by atoms with E-state index in [2.05, 4.69) is 0 Å². The first-order chi connectivity index (χ1) is 9.35. The highest BCUT2D eigenvalue weighted by molar-refractivity contribution is 5.67. The molecule has 1 aliphatic rings. The maximum atomic E-state index is 11.1. The van der Waals surface area contributed by atoms with Crippen molar-refractivity contribution in [2.24, 2.45) is 0 Å². The molecule has 0 aliphatic carbocycles. The van der Waals surface area contributed by atoms with Crippen LogP contribution in [0.15, 0.2) is 0 Å². The molecule has 0 spiro atoms. The molecule has 20 heavy (non-hydrogen) atoms. The summed E-state index contributed by atoms with van der Waals surface area (Å²) in [6.45, 7) is 3.54. The molecule has 0 bridgehead atoms. The highest BCUT2D eigenvalue weighted by Gasteiger charge is 2.49. The minimum Gasteiger partial charge on any atom is -0.463 e.